The van der Waals surface area contributed by atoms with Crippen molar-refractivity contribution in [2.45, 2.75) is 109 Å². The lowest BCUT2D eigenvalue weighted by molar-refractivity contribution is -0.138. The number of ether oxygens (including phenoxy) is 1. The number of nitrogens with one attached hydrogen (secondary N) is 3. The highest BCUT2D eigenvalue weighted by Crippen LogP contribution is 2.34. The number of hydrogen-bond acceptors (Lipinski definition) is 12. The first-order valence-corrected chi connectivity index (χ1v) is 24.0. The lowest BCUT2D eigenvalue weighted by atomic mass is 9.84. The fraction of sp³-hybridized carbons (Fsp3) is 0.321. The van der Waals surface area contributed by atoms with E-state index < -0.39 is 11.9 Å². The van der Waals surface area contributed by atoms with Gasteiger partial charge in [0.05, 0.1) is 12.7 Å². The Morgan fingerprint density at radius 3 is 1.56 bits per heavy atom. The average molecular weight is 946 g/mol. The molecule has 0 unspecified atom stereocenters. The van der Waals surface area contributed by atoms with Gasteiger partial charge in [-0.1, -0.05) is 117 Å². The van der Waals surface area contributed by atoms with Crippen LogP contribution in [0.2, 0.25) is 0 Å². The zero-order chi connectivity index (χ0) is 48.2. The quantitative estimate of drug-likeness (QED) is 0.0576. The highest BCUT2D eigenvalue weighted by Gasteiger charge is 2.20. The van der Waals surface area contributed by atoms with Crippen LogP contribution in [0.25, 0.3) is 22.3 Å². The fourth-order valence-corrected chi connectivity index (χ4v) is 9.18. The molecule has 0 amide bonds. The SMILES string of the molecule is O=C(O)Cn1cnc2c(NCc3ccccc3)nc(NCc3ccc(C4CCCCC4)cc3)nc21.O=C(O)Cn1cnc2c(Oc3ccc(F)cc3)nc(NCc3ccc(C4CCCCC4)cc3)nc21. The number of fused-ring (bicyclic) bond motifs is 2. The van der Waals surface area contributed by atoms with E-state index in [0.717, 1.165) is 16.7 Å². The van der Waals surface area contributed by atoms with Crippen molar-refractivity contribution in [1.29, 1.82) is 0 Å². The third-order valence-electron chi connectivity index (χ3n) is 12.9. The maximum Gasteiger partial charge on any atom is 0.323 e. The van der Waals surface area contributed by atoms with Gasteiger partial charge in [-0.3, -0.25) is 9.59 Å². The summed E-state index contributed by atoms with van der Waals surface area (Å²) in [5, 5.41) is 28.4. The summed E-state index contributed by atoms with van der Waals surface area (Å²) in [6.07, 6.45) is 15.9. The number of carboxylic acid groups (broad SMARTS) is 2. The molecule has 16 nitrogen and oxygen atoms in total. The Bertz CT molecular complexity index is 3010. The van der Waals surface area contributed by atoms with Gasteiger partial charge in [-0.05, 0) is 89.6 Å². The number of imidazole rings is 2. The molecule has 2 aliphatic rings. The molecule has 4 heterocycles. The summed E-state index contributed by atoms with van der Waals surface area (Å²) in [4.78, 5) is 49.4. The third-order valence-corrected chi connectivity index (χ3v) is 12.9. The van der Waals surface area contributed by atoms with E-state index in [0.29, 0.717) is 71.3 Å². The van der Waals surface area contributed by atoms with Gasteiger partial charge in [0.25, 0.3) is 5.88 Å². The molecule has 0 bridgehead atoms. The summed E-state index contributed by atoms with van der Waals surface area (Å²) in [5.74, 6) is 0.789. The number of rotatable bonds is 17. The molecule has 2 fully saturated rings. The maximum absolute atomic E-state index is 13.3. The fourth-order valence-electron chi connectivity index (χ4n) is 9.18. The van der Waals surface area contributed by atoms with Crippen molar-refractivity contribution >= 4 is 52.0 Å². The second-order valence-corrected chi connectivity index (χ2v) is 17.9. The molecule has 8 aromatic rings. The number of anilines is 3. The van der Waals surface area contributed by atoms with Crippen LogP contribution in [0.4, 0.5) is 22.1 Å². The molecule has 0 atom stereocenters. The molecule has 360 valence electrons. The minimum absolute atomic E-state index is 0.154. The van der Waals surface area contributed by atoms with E-state index in [9.17, 15) is 24.2 Å². The molecule has 0 saturated heterocycles. The molecule has 4 aromatic heterocycles. The zero-order valence-electron chi connectivity index (χ0n) is 38.8. The summed E-state index contributed by atoms with van der Waals surface area (Å²) in [6, 6.07) is 33.0. The molecule has 4 aromatic carbocycles. The van der Waals surface area contributed by atoms with Gasteiger partial charge < -0.3 is 40.0 Å². The molecule has 0 radical (unpaired) electrons. The molecular weight excluding hydrogens is 890 g/mol. The Morgan fingerprint density at radius 2 is 1.03 bits per heavy atom. The number of carbonyl (C=O) groups is 2. The van der Waals surface area contributed by atoms with Gasteiger partial charge in [-0.15, -0.1) is 0 Å². The van der Waals surface area contributed by atoms with Gasteiger partial charge >= 0.3 is 11.9 Å². The Kier molecular flexibility index (Phi) is 15.1. The van der Waals surface area contributed by atoms with Crippen LogP contribution in [0.3, 0.4) is 0 Å². The Labute approximate surface area is 404 Å². The summed E-state index contributed by atoms with van der Waals surface area (Å²) >= 11 is 0. The molecule has 17 heteroatoms. The minimum Gasteiger partial charge on any atom is -0.480 e. The van der Waals surface area contributed by atoms with Crippen LogP contribution < -0.4 is 20.7 Å². The van der Waals surface area contributed by atoms with Crippen LogP contribution in [0.1, 0.15) is 104 Å². The minimum atomic E-state index is -1.02. The predicted octanol–water partition coefficient (Wildman–Crippen LogP) is 10.7. The van der Waals surface area contributed by atoms with E-state index in [4.69, 9.17) is 4.74 Å². The molecule has 2 aliphatic carbocycles. The Hall–Kier alpha value is -7.95. The molecular formula is C53H56FN11O5. The lowest BCUT2D eigenvalue weighted by Crippen LogP contribution is -2.11. The van der Waals surface area contributed by atoms with Crippen LogP contribution in [-0.2, 0) is 42.3 Å². The summed E-state index contributed by atoms with van der Waals surface area (Å²) in [6.45, 7) is 1.11. The number of benzene rings is 4. The van der Waals surface area contributed by atoms with Crippen LogP contribution in [0, 0.1) is 5.82 Å². The molecule has 2 saturated carbocycles. The van der Waals surface area contributed by atoms with Crippen molar-refractivity contribution in [3.8, 4) is 11.6 Å². The van der Waals surface area contributed by atoms with Gasteiger partial charge in [0.15, 0.2) is 28.1 Å². The monoisotopic (exact) mass is 945 g/mol. The van der Waals surface area contributed by atoms with Crippen LogP contribution in [0.5, 0.6) is 11.6 Å². The highest BCUT2D eigenvalue weighted by molar-refractivity contribution is 5.85. The largest absolute Gasteiger partial charge is 0.480 e. The highest BCUT2D eigenvalue weighted by atomic mass is 19.1. The second-order valence-electron chi connectivity index (χ2n) is 17.9. The first-order chi connectivity index (χ1) is 34.2. The standard InChI is InChI=1S/C27H30N6O2.C26H26FN5O3/c34-23(35)17-33-18-30-24-25(28-15-19-7-3-1-4-8-19)31-27(32-26(24)33)29-16-20-11-13-22(14-12-20)21-9-5-2-6-10-21;27-20-10-12-21(13-11-20)35-25-23-24(32(16-29-23)15-22(33)34)30-26(31-25)28-14-17-6-8-19(9-7-17)18-4-2-1-3-5-18/h1,3-4,7-8,11-14,18,21H,2,5-6,9-10,15-17H2,(H,34,35)(H2,28,29,31,32);6-13,16,18H,1-5,14-15H2,(H,33,34)(H,28,30,31). The van der Waals surface area contributed by atoms with E-state index in [-0.39, 0.29) is 30.7 Å². The van der Waals surface area contributed by atoms with Crippen molar-refractivity contribution in [3.63, 3.8) is 0 Å². The van der Waals surface area contributed by atoms with Crippen molar-refractivity contribution in [1.82, 2.24) is 39.0 Å². The molecule has 70 heavy (non-hydrogen) atoms. The first-order valence-electron chi connectivity index (χ1n) is 24.0. The molecule has 10 rings (SSSR count). The number of carboxylic acids is 2. The number of halogens is 1. The van der Waals surface area contributed by atoms with E-state index >= 15 is 0 Å². The Morgan fingerprint density at radius 1 is 0.557 bits per heavy atom. The van der Waals surface area contributed by atoms with E-state index in [1.165, 1.54) is 121 Å². The van der Waals surface area contributed by atoms with Gasteiger partial charge in [0.1, 0.15) is 24.7 Å². The van der Waals surface area contributed by atoms with Gasteiger partial charge in [-0.2, -0.15) is 19.9 Å². The van der Waals surface area contributed by atoms with E-state index in [1.54, 1.807) is 0 Å². The molecule has 5 N–H and O–H groups in total. The number of hydrogen-bond donors (Lipinski definition) is 5. The van der Waals surface area contributed by atoms with Crippen molar-refractivity contribution in [3.05, 3.63) is 149 Å². The summed E-state index contributed by atoms with van der Waals surface area (Å²) < 4.78 is 22.1. The number of nitrogens with zero attached hydrogens (tertiary/aromatic N) is 8. The normalized spacial score (nSPS) is 14.2. The van der Waals surface area contributed by atoms with Crippen LogP contribution in [0.15, 0.2) is 116 Å². The van der Waals surface area contributed by atoms with Gasteiger partial charge in [0, 0.05) is 19.6 Å². The van der Waals surface area contributed by atoms with Gasteiger partial charge in [0.2, 0.25) is 11.9 Å². The van der Waals surface area contributed by atoms with Crippen molar-refractivity contribution < 1.29 is 28.9 Å². The molecule has 0 aliphatic heterocycles. The smallest absolute Gasteiger partial charge is 0.323 e. The van der Waals surface area contributed by atoms with Gasteiger partial charge in [-0.25, -0.2) is 14.4 Å². The van der Waals surface area contributed by atoms with E-state index in [1.807, 2.05) is 30.3 Å². The topological polar surface area (TPSA) is 207 Å². The second kappa shape index (κ2) is 22.4. The van der Waals surface area contributed by atoms with Crippen LogP contribution in [-0.4, -0.2) is 61.2 Å². The summed E-state index contributed by atoms with van der Waals surface area (Å²) in [7, 11) is 0. The number of aromatic nitrogens is 8. The van der Waals surface area contributed by atoms with Crippen molar-refractivity contribution in [2.75, 3.05) is 16.0 Å². The molecule has 0 spiro atoms. The maximum atomic E-state index is 13.3. The zero-order valence-corrected chi connectivity index (χ0v) is 38.8. The predicted molar refractivity (Wildman–Crippen MR) is 265 cm³/mol. The third kappa shape index (κ3) is 12.2. The Balaban J connectivity index is 0.000000174. The summed E-state index contributed by atoms with van der Waals surface area (Å²) in [5.41, 5.74) is 7.82. The lowest BCUT2D eigenvalue weighted by Gasteiger charge is -2.22. The first kappa shape index (κ1) is 47.1. The average Bonchev–Trinajstić information content (AvgIpc) is 3.99. The van der Waals surface area contributed by atoms with Crippen LogP contribution >= 0.6 is 0 Å². The van der Waals surface area contributed by atoms with Crippen molar-refractivity contribution in [2.24, 2.45) is 0 Å². The number of aliphatic carboxylic acids is 2. The van der Waals surface area contributed by atoms with E-state index in [2.05, 4.69) is 94.4 Å².